The molecule has 0 radical (unpaired) electrons. The predicted octanol–water partition coefficient (Wildman–Crippen LogP) is 3.82. The van der Waals surface area contributed by atoms with Gasteiger partial charge in [0.05, 0.1) is 16.5 Å². The highest BCUT2D eigenvalue weighted by Gasteiger charge is 2.36. The highest BCUT2D eigenvalue weighted by atomic mass is 35.5. The summed E-state index contributed by atoms with van der Waals surface area (Å²) < 4.78 is 66.9. The maximum absolute atomic E-state index is 13.2. The van der Waals surface area contributed by atoms with Gasteiger partial charge in [-0.15, -0.1) is 0 Å². The first-order chi connectivity index (χ1) is 14.1. The molecule has 1 aliphatic rings. The van der Waals surface area contributed by atoms with E-state index < -0.39 is 33.0 Å². The molecule has 1 unspecified atom stereocenters. The summed E-state index contributed by atoms with van der Waals surface area (Å²) in [7, 11) is -3.96. The largest absolute Gasteiger partial charge is 0.416 e. The summed E-state index contributed by atoms with van der Waals surface area (Å²) in [4.78, 5) is 10.8. The summed E-state index contributed by atoms with van der Waals surface area (Å²) in [6.07, 6.45) is -1.93. The summed E-state index contributed by atoms with van der Waals surface area (Å²) in [5.74, 6) is 0. The minimum absolute atomic E-state index is 0.00993. The Morgan fingerprint density at radius 3 is 2.50 bits per heavy atom. The van der Waals surface area contributed by atoms with Gasteiger partial charge in [0.2, 0.25) is 15.3 Å². The normalized spacial score (nSPS) is 18.6. The lowest BCUT2D eigenvalue weighted by molar-refractivity contribution is -0.137. The summed E-state index contributed by atoms with van der Waals surface area (Å²) in [5.41, 5.74) is 0.0198. The summed E-state index contributed by atoms with van der Waals surface area (Å²) in [5, 5.41) is 2.38. The number of carbonyl (C=O) groups excluding carboxylic acids is 1. The van der Waals surface area contributed by atoms with E-state index in [-0.39, 0.29) is 23.5 Å². The molecule has 1 fully saturated rings. The lowest BCUT2D eigenvalue weighted by Gasteiger charge is -2.35. The van der Waals surface area contributed by atoms with Gasteiger partial charge < -0.3 is 5.32 Å². The van der Waals surface area contributed by atoms with E-state index in [4.69, 9.17) is 11.6 Å². The molecule has 0 saturated carbocycles. The number of hydrogen-bond donors (Lipinski definition) is 1. The minimum atomic E-state index is -4.52. The van der Waals surface area contributed by atoms with E-state index in [0.29, 0.717) is 12.1 Å². The average molecular weight is 459 g/mol. The molecule has 30 heavy (non-hydrogen) atoms. The van der Waals surface area contributed by atoms with Crippen LogP contribution in [0.4, 0.5) is 13.2 Å². The van der Waals surface area contributed by atoms with Crippen LogP contribution < -0.4 is 5.32 Å². The Labute approximate surface area is 177 Å². The molecule has 0 amide bonds. The molecule has 1 N–H and O–H groups in total. The fourth-order valence-electron chi connectivity index (χ4n) is 3.23. The Morgan fingerprint density at radius 1 is 1.17 bits per heavy atom. The van der Waals surface area contributed by atoms with Crippen molar-refractivity contribution in [1.82, 2.24) is 9.62 Å². The van der Waals surface area contributed by atoms with Gasteiger partial charge in [-0.1, -0.05) is 30.3 Å². The third-order valence-electron chi connectivity index (χ3n) is 4.69. The molecule has 0 aromatic heterocycles. The molecule has 1 aliphatic heterocycles. The van der Waals surface area contributed by atoms with Gasteiger partial charge in [0.1, 0.15) is 0 Å². The summed E-state index contributed by atoms with van der Waals surface area (Å²) in [6, 6.07) is 9.74. The number of nitrogens with zero attached hydrogens (tertiary/aromatic N) is 1. The second-order valence-electron chi connectivity index (χ2n) is 6.67. The molecule has 5 nitrogen and oxygen atoms in total. The second kappa shape index (κ2) is 8.89. The number of allylic oxidation sites excluding steroid dienone is 1. The molecule has 0 spiro atoms. The molecule has 2 aromatic rings. The molecule has 1 saturated heterocycles. The second-order valence-corrected chi connectivity index (χ2v) is 8.93. The molecule has 10 heteroatoms. The van der Waals surface area contributed by atoms with E-state index in [9.17, 15) is 26.4 Å². The Kier molecular flexibility index (Phi) is 6.66. The van der Waals surface area contributed by atoms with Crippen molar-refractivity contribution in [3.8, 4) is 0 Å². The van der Waals surface area contributed by atoms with Gasteiger partial charge in [-0.3, -0.25) is 4.79 Å². The van der Waals surface area contributed by atoms with Crippen molar-refractivity contribution in [3.63, 3.8) is 0 Å². The van der Waals surface area contributed by atoms with Gasteiger partial charge in [-0.2, -0.15) is 17.5 Å². The molecule has 0 bridgehead atoms. The minimum Gasteiger partial charge on any atom is -0.313 e. The van der Waals surface area contributed by atoms with Gasteiger partial charge in [0.15, 0.2) is 0 Å². The van der Waals surface area contributed by atoms with Crippen molar-refractivity contribution < 1.29 is 26.4 Å². The van der Waals surface area contributed by atoms with Crippen molar-refractivity contribution in [1.29, 1.82) is 0 Å². The van der Waals surface area contributed by atoms with E-state index in [0.717, 1.165) is 18.2 Å². The zero-order valence-electron chi connectivity index (χ0n) is 15.6. The Balaban J connectivity index is 1.93. The number of alkyl halides is 3. The smallest absolute Gasteiger partial charge is 0.313 e. The molecule has 1 heterocycles. The molecule has 2 aromatic carbocycles. The van der Waals surface area contributed by atoms with Gasteiger partial charge >= 0.3 is 6.18 Å². The Morgan fingerprint density at radius 2 is 1.87 bits per heavy atom. The van der Waals surface area contributed by atoms with Crippen LogP contribution in [0, 0.1) is 0 Å². The van der Waals surface area contributed by atoms with Gasteiger partial charge in [-0.25, -0.2) is 8.42 Å². The van der Waals surface area contributed by atoms with E-state index >= 15 is 0 Å². The topological polar surface area (TPSA) is 66.5 Å². The van der Waals surface area contributed by atoms with Gasteiger partial charge in [0, 0.05) is 19.6 Å². The molecule has 1 atom stereocenters. The van der Waals surface area contributed by atoms with E-state index in [1.54, 1.807) is 0 Å². The summed E-state index contributed by atoms with van der Waals surface area (Å²) in [6.45, 7) is 0.693. The third kappa shape index (κ3) is 5.10. The van der Waals surface area contributed by atoms with Crippen LogP contribution in [-0.2, 0) is 21.0 Å². The zero-order valence-corrected chi connectivity index (χ0v) is 17.1. The van der Waals surface area contributed by atoms with Crippen LogP contribution in [-0.4, -0.2) is 37.6 Å². The average Bonchev–Trinajstić information content (AvgIpc) is 2.72. The first-order valence-corrected chi connectivity index (χ1v) is 10.8. The SMILES string of the molecule is O=C(Cl)C=Cc1ccc(S(=O)(=O)N2CCNCC2c2cccc(C(F)(F)F)c2)cc1. The molecular weight excluding hydrogens is 441 g/mol. The van der Waals surface area contributed by atoms with Crippen LogP contribution in [0.2, 0.25) is 0 Å². The maximum atomic E-state index is 13.2. The van der Waals surface area contributed by atoms with Crippen molar-refractivity contribution >= 4 is 32.9 Å². The monoisotopic (exact) mass is 458 g/mol. The van der Waals surface area contributed by atoms with Crippen molar-refractivity contribution in [2.45, 2.75) is 17.1 Å². The third-order valence-corrected chi connectivity index (χ3v) is 6.73. The van der Waals surface area contributed by atoms with Crippen LogP contribution in [0.25, 0.3) is 6.08 Å². The number of benzene rings is 2. The zero-order chi connectivity index (χ0) is 21.9. The lowest BCUT2D eigenvalue weighted by atomic mass is 10.0. The number of piperazine rings is 1. The van der Waals surface area contributed by atoms with Crippen LogP contribution in [0.1, 0.15) is 22.7 Å². The van der Waals surface area contributed by atoms with E-state index in [1.807, 2.05) is 0 Å². The fraction of sp³-hybridized carbons (Fsp3) is 0.250. The first-order valence-electron chi connectivity index (χ1n) is 8.96. The number of carbonyl (C=O) groups is 1. The van der Waals surface area contributed by atoms with Crippen molar-refractivity contribution in [3.05, 3.63) is 71.3 Å². The number of rotatable bonds is 5. The number of halogens is 4. The highest BCUT2D eigenvalue weighted by molar-refractivity contribution is 7.89. The Hall–Kier alpha value is -2.20. The number of hydrogen-bond acceptors (Lipinski definition) is 4. The summed E-state index contributed by atoms with van der Waals surface area (Å²) >= 11 is 5.24. The van der Waals surface area contributed by atoms with Crippen molar-refractivity contribution in [2.24, 2.45) is 0 Å². The number of sulfonamides is 1. The molecular formula is C20H18ClF3N2O3S. The van der Waals surface area contributed by atoms with E-state index in [2.05, 4.69) is 5.32 Å². The van der Waals surface area contributed by atoms with Gasteiger partial charge in [0.25, 0.3) is 0 Å². The van der Waals surface area contributed by atoms with Crippen LogP contribution in [0.3, 0.4) is 0 Å². The quantitative estimate of drug-likeness (QED) is 0.546. The Bertz CT molecular complexity index is 1050. The van der Waals surface area contributed by atoms with Crippen LogP contribution in [0.5, 0.6) is 0 Å². The number of nitrogens with one attached hydrogen (secondary N) is 1. The first kappa shape index (κ1) is 22.5. The van der Waals surface area contributed by atoms with Crippen LogP contribution in [0.15, 0.2) is 59.5 Å². The predicted molar refractivity (Wildman–Crippen MR) is 107 cm³/mol. The van der Waals surface area contributed by atoms with Crippen LogP contribution >= 0.6 is 11.6 Å². The molecule has 160 valence electrons. The standard InChI is InChI=1S/C20H18ClF3N2O3S/c21-19(27)9-6-14-4-7-17(8-5-14)30(28,29)26-11-10-25-13-18(26)15-2-1-3-16(12-15)20(22,23)24/h1-9,12,18,25H,10-11,13H2. The van der Waals surface area contributed by atoms with Crippen molar-refractivity contribution in [2.75, 3.05) is 19.6 Å². The lowest BCUT2D eigenvalue weighted by Crippen LogP contribution is -2.48. The van der Waals surface area contributed by atoms with Gasteiger partial charge in [-0.05, 0) is 53.1 Å². The maximum Gasteiger partial charge on any atom is 0.416 e. The molecule has 3 rings (SSSR count). The highest BCUT2D eigenvalue weighted by Crippen LogP contribution is 2.34. The van der Waals surface area contributed by atoms with E-state index in [1.165, 1.54) is 46.8 Å². The fourth-order valence-corrected chi connectivity index (χ4v) is 4.90. The molecule has 0 aliphatic carbocycles.